The highest BCUT2D eigenvalue weighted by Crippen LogP contribution is 2.12. The van der Waals surface area contributed by atoms with E-state index in [-0.39, 0.29) is 18.4 Å². The first-order valence-electron chi connectivity index (χ1n) is 9.81. The summed E-state index contributed by atoms with van der Waals surface area (Å²) in [5.74, 6) is 0.130. The van der Waals surface area contributed by atoms with Gasteiger partial charge < -0.3 is 15.0 Å². The van der Waals surface area contributed by atoms with Crippen LogP contribution in [0, 0.1) is 0 Å². The minimum Gasteiger partial charge on any atom is -0.484 e. The van der Waals surface area contributed by atoms with Crippen LogP contribution in [0.25, 0.3) is 0 Å². The summed E-state index contributed by atoms with van der Waals surface area (Å²) in [5, 5.41) is 2.89. The average molecular weight is 403 g/mol. The lowest BCUT2D eigenvalue weighted by Gasteiger charge is -2.28. The van der Waals surface area contributed by atoms with Gasteiger partial charge in [-0.3, -0.25) is 14.6 Å². The van der Waals surface area contributed by atoms with Crippen molar-refractivity contribution < 1.29 is 14.3 Å². The average Bonchev–Trinajstić information content (AvgIpc) is 2.81. The Kier molecular flexibility index (Phi) is 7.55. The van der Waals surface area contributed by atoms with Crippen molar-refractivity contribution in [3.8, 4) is 5.75 Å². The van der Waals surface area contributed by atoms with Crippen molar-refractivity contribution in [2.75, 3.05) is 6.61 Å². The number of nitrogens with one attached hydrogen (secondary N) is 1. The molecule has 2 amide bonds. The van der Waals surface area contributed by atoms with E-state index < -0.39 is 6.04 Å². The number of aromatic nitrogens is 1. The van der Waals surface area contributed by atoms with Gasteiger partial charge in [-0.1, -0.05) is 48.5 Å². The van der Waals surface area contributed by atoms with Crippen molar-refractivity contribution in [1.82, 2.24) is 15.2 Å². The van der Waals surface area contributed by atoms with E-state index >= 15 is 0 Å². The summed E-state index contributed by atoms with van der Waals surface area (Å²) < 4.78 is 5.62. The minimum atomic E-state index is -0.654. The molecule has 6 nitrogen and oxygen atoms in total. The van der Waals surface area contributed by atoms with Crippen molar-refractivity contribution in [3.63, 3.8) is 0 Å². The van der Waals surface area contributed by atoms with Crippen LogP contribution in [0.1, 0.15) is 18.1 Å². The van der Waals surface area contributed by atoms with Gasteiger partial charge in [-0.25, -0.2) is 0 Å². The number of para-hydroxylation sites is 1. The molecule has 0 saturated carbocycles. The van der Waals surface area contributed by atoms with Crippen LogP contribution < -0.4 is 10.1 Å². The van der Waals surface area contributed by atoms with Crippen LogP contribution in [-0.2, 0) is 22.7 Å². The second-order valence-corrected chi connectivity index (χ2v) is 6.86. The zero-order chi connectivity index (χ0) is 21.2. The smallest absolute Gasteiger partial charge is 0.261 e. The molecule has 2 aromatic carbocycles. The van der Waals surface area contributed by atoms with E-state index in [0.29, 0.717) is 18.8 Å². The van der Waals surface area contributed by atoms with E-state index in [1.165, 1.54) is 0 Å². The van der Waals surface area contributed by atoms with E-state index in [1.54, 1.807) is 36.4 Å². The van der Waals surface area contributed by atoms with Gasteiger partial charge in [0.1, 0.15) is 11.8 Å². The molecule has 6 heteroatoms. The summed E-state index contributed by atoms with van der Waals surface area (Å²) in [6.07, 6.45) is 3.36. The lowest BCUT2D eigenvalue weighted by molar-refractivity contribution is -0.142. The highest BCUT2D eigenvalue weighted by molar-refractivity contribution is 5.87. The van der Waals surface area contributed by atoms with Crippen LogP contribution in [0.15, 0.2) is 85.2 Å². The molecule has 1 aromatic heterocycles. The molecule has 1 N–H and O–H groups in total. The van der Waals surface area contributed by atoms with Crippen molar-refractivity contribution in [2.45, 2.75) is 26.1 Å². The second-order valence-electron chi connectivity index (χ2n) is 6.86. The van der Waals surface area contributed by atoms with Gasteiger partial charge in [0.25, 0.3) is 5.91 Å². The molecule has 0 aliphatic heterocycles. The maximum atomic E-state index is 13.0. The standard InChI is InChI=1S/C24H25N3O3/c1-19(24(29)26-16-20-12-14-25-15-13-20)27(17-21-8-4-2-5-9-21)23(28)18-30-22-10-6-3-7-11-22/h2-15,19H,16-18H2,1H3,(H,26,29)/t19-/m0/s1. The van der Waals surface area contributed by atoms with Crippen molar-refractivity contribution in [2.24, 2.45) is 0 Å². The molecule has 154 valence electrons. The summed E-state index contributed by atoms with van der Waals surface area (Å²) in [6.45, 7) is 2.28. The van der Waals surface area contributed by atoms with Crippen LogP contribution in [0.2, 0.25) is 0 Å². The second kappa shape index (κ2) is 10.8. The third-order valence-corrected chi connectivity index (χ3v) is 4.68. The molecule has 0 aliphatic rings. The fourth-order valence-electron chi connectivity index (χ4n) is 2.94. The Bertz CT molecular complexity index is 934. The van der Waals surface area contributed by atoms with E-state index in [1.807, 2.05) is 60.7 Å². The van der Waals surface area contributed by atoms with Crippen LogP contribution in [-0.4, -0.2) is 34.3 Å². The number of ether oxygens (including phenoxy) is 1. The maximum Gasteiger partial charge on any atom is 0.261 e. The third kappa shape index (κ3) is 6.17. The molecule has 0 bridgehead atoms. The summed E-state index contributed by atoms with van der Waals surface area (Å²) in [7, 11) is 0. The highest BCUT2D eigenvalue weighted by Gasteiger charge is 2.26. The largest absolute Gasteiger partial charge is 0.484 e. The number of carbonyl (C=O) groups excluding carboxylic acids is 2. The molecule has 0 unspecified atom stereocenters. The number of hydrogen-bond donors (Lipinski definition) is 1. The zero-order valence-corrected chi connectivity index (χ0v) is 16.9. The molecule has 30 heavy (non-hydrogen) atoms. The first-order valence-corrected chi connectivity index (χ1v) is 9.81. The number of benzene rings is 2. The number of hydrogen-bond acceptors (Lipinski definition) is 4. The number of rotatable bonds is 9. The fourth-order valence-corrected chi connectivity index (χ4v) is 2.94. The van der Waals surface area contributed by atoms with Gasteiger partial charge in [0.15, 0.2) is 6.61 Å². The van der Waals surface area contributed by atoms with E-state index in [9.17, 15) is 9.59 Å². The van der Waals surface area contributed by atoms with E-state index in [2.05, 4.69) is 10.3 Å². The molecule has 0 fully saturated rings. The SMILES string of the molecule is C[C@@H](C(=O)NCc1ccncc1)N(Cc1ccccc1)C(=O)COc1ccccc1. The van der Waals surface area contributed by atoms with Crippen molar-refractivity contribution in [3.05, 3.63) is 96.3 Å². The first kappa shape index (κ1) is 21.0. The highest BCUT2D eigenvalue weighted by atomic mass is 16.5. The Balaban J connectivity index is 1.67. The van der Waals surface area contributed by atoms with Gasteiger partial charge in [0.2, 0.25) is 5.91 Å². The molecular weight excluding hydrogens is 378 g/mol. The van der Waals surface area contributed by atoms with Gasteiger partial charge in [0.05, 0.1) is 0 Å². The van der Waals surface area contributed by atoms with E-state index in [4.69, 9.17) is 4.74 Å². The number of nitrogens with zero attached hydrogens (tertiary/aromatic N) is 2. The number of carbonyl (C=O) groups is 2. The monoisotopic (exact) mass is 403 g/mol. The van der Waals surface area contributed by atoms with Crippen LogP contribution in [0.3, 0.4) is 0 Å². The zero-order valence-electron chi connectivity index (χ0n) is 16.9. The van der Waals surface area contributed by atoms with Gasteiger partial charge in [-0.15, -0.1) is 0 Å². The molecule has 3 rings (SSSR count). The minimum absolute atomic E-state index is 0.140. The normalized spacial score (nSPS) is 11.4. The van der Waals surface area contributed by atoms with Gasteiger partial charge in [-0.05, 0) is 42.3 Å². The number of pyridine rings is 1. The molecule has 0 saturated heterocycles. The molecule has 3 aromatic rings. The van der Waals surface area contributed by atoms with Gasteiger partial charge in [0, 0.05) is 25.5 Å². The van der Waals surface area contributed by atoms with Crippen LogP contribution >= 0.6 is 0 Å². The Labute approximate surface area is 176 Å². The molecule has 1 atom stereocenters. The molecular formula is C24H25N3O3. The topological polar surface area (TPSA) is 71.5 Å². The first-order chi connectivity index (χ1) is 14.6. The van der Waals surface area contributed by atoms with E-state index in [0.717, 1.165) is 11.1 Å². The molecule has 0 radical (unpaired) electrons. The molecule has 0 aliphatic carbocycles. The van der Waals surface area contributed by atoms with Gasteiger partial charge >= 0.3 is 0 Å². The Morgan fingerprint density at radius 3 is 2.23 bits per heavy atom. The van der Waals surface area contributed by atoms with Crippen LogP contribution in [0.5, 0.6) is 5.75 Å². The summed E-state index contributed by atoms with van der Waals surface area (Å²) >= 11 is 0. The Morgan fingerprint density at radius 1 is 0.933 bits per heavy atom. The fraction of sp³-hybridized carbons (Fsp3) is 0.208. The summed E-state index contributed by atoms with van der Waals surface area (Å²) in [5.41, 5.74) is 1.89. The summed E-state index contributed by atoms with van der Waals surface area (Å²) in [6, 6.07) is 21.8. The van der Waals surface area contributed by atoms with Crippen LogP contribution in [0.4, 0.5) is 0 Å². The lowest BCUT2D eigenvalue weighted by Crippen LogP contribution is -2.48. The van der Waals surface area contributed by atoms with Gasteiger partial charge in [-0.2, -0.15) is 0 Å². The van der Waals surface area contributed by atoms with Crippen molar-refractivity contribution in [1.29, 1.82) is 0 Å². The Morgan fingerprint density at radius 2 is 1.57 bits per heavy atom. The predicted octanol–water partition coefficient (Wildman–Crippen LogP) is 3.19. The Hall–Kier alpha value is -3.67. The predicted molar refractivity (Wildman–Crippen MR) is 114 cm³/mol. The molecule has 1 heterocycles. The number of amides is 2. The van der Waals surface area contributed by atoms with Crippen molar-refractivity contribution >= 4 is 11.8 Å². The maximum absolute atomic E-state index is 13.0. The lowest BCUT2D eigenvalue weighted by atomic mass is 10.1. The molecule has 0 spiro atoms. The third-order valence-electron chi connectivity index (χ3n) is 4.68. The summed E-state index contributed by atoms with van der Waals surface area (Å²) in [4.78, 5) is 31.2. The quantitative estimate of drug-likeness (QED) is 0.596.